The van der Waals surface area contributed by atoms with Gasteiger partial charge in [0, 0.05) is 38.9 Å². The van der Waals surface area contributed by atoms with E-state index in [1.165, 1.54) is 36.9 Å². The van der Waals surface area contributed by atoms with Crippen LogP contribution in [0.2, 0.25) is 5.02 Å². The van der Waals surface area contributed by atoms with Crippen LogP contribution in [0, 0.1) is 17.8 Å². The number of aromatic nitrogens is 2. The molecule has 0 amide bonds. The summed E-state index contributed by atoms with van der Waals surface area (Å²) in [4.78, 5) is 14.4. The van der Waals surface area contributed by atoms with Crippen molar-refractivity contribution in [3.63, 3.8) is 0 Å². The molecule has 0 bridgehead atoms. The SMILES string of the molecule is Clc1ccc(Nc2cc(C3=CCN(CC4CC4)CC3)cc(N3CC4CC4C3)n2)nc1. The first-order chi connectivity index (χ1) is 14.7. The van der Waals surface area contributed by atoms with Gasteiger partial charge in [-0.3, -0.25) is 4.90 Å². The third-order valence-corrected chi connectivity index (χ3v) is 7.20. The van der Waals surface area contributed by atoms with E-state index >= 15 is 0 Å². The van der Waals surface area contributed by atoms with Crippen molar-refractivity contribution in [3.05, 3.63) is 47.1 Å². The quantitative estimate of drug-likeness (QED) is 0.723. The molecule has 2 aromatic heterocycles. The summed E-state index contributed by atoms with van der Waals surface area (Å²) in [7, 11) is 0. The predicted octanol–water partition coefficient (Wildman–Crippen LogP) is 4.83. The van der Waals surface area contributed by atoms with E-state index in [0.29, 0.717) is 5.02 Å². The Balaban J connectivity index is 1.26. The minimum atomic E-state index is 0.641. The molecule has 2 aliphatic carbocycles. The number of piperidine rings is 1. The minimum absolute atomic E-state index is 0.641. The van der Waals surface area contributed by atoms with E-state index in [9.17, 15) is 0 Å². The van der Waals surface area contributed by atoms with Crippen LogP contribution in [0.25, 0.3) is 5.57 Å². The first-order valence-electron chi connectivity index (χ1n) is 11.3. The van der Waals surface area contributed by atoms with E-state index in [1.54, 1.807) is 6.20 Å². The molecule has 2 aliphatic heterocycles. The summed E-state index contributed by atoms with van der Waals surface area (Å²) >= 11 is 5.99. The Morgan fingerprint density at radius 2 is 1.97 bits per heavy atom. The minimum Gasteiger partial charge on any atom is -0.356 e. The number of hydrogen-bond acceptors (Lipinski definition) is 5. The smallest absolute Gasteiger partial charge is 0.134 e. The number of nitrogens with zero attached hydrogens (tertiary/aromatic N) is 4. The summed E-state index contributed by atoms with van der Waals surface area (Å²) in [5, 5.41) is 4.04. The maximum atomic E-state index is 5.99. The average Bonchev–Trinajstić information content (AvgIpc) is 3.69. The zero-order chi connectivity index (χ0) is 20.1. The molecule has 2 unspecified atom stereocenters. The molecule has 30 heavy (non-hydrogen) atoms. The molecule has 4 heterocycles. The monoisotopic (exact) mass is 421 g/mol. The fraction of sp³-hybridized carbons (Fsp3) is 0.500. The zero-order valence-electron chi connectivity index (χ0n) is 17.2. The topological polar surface area (TPSA) is 44.3 Å². The Labute approximate surface area is 183 Å². The Kier molecular flexibility index (Phi) is 4.69. The van der Waals surface area contributed by atoms with Crippen LogP contribution in [0.1, 0.15) is 31.2 Å². The summed E-state index contributed by atoms with van der Waals surface area (Å²) in [6, 6.07) is 8.23. The lowest BCUT2D eigenvalue weighted by Gasteiger charge is -2.27. The number of nitrogens with one attached hydrogen (secondary N) is 1. The maximum Gasteiger partial charge on any atom is 0.134 e. The summed E-state index contributed by atoms with van der Waals surface area (Å²) < 4.78 is 0. The lowest BCUT2D eigenvalue weighted by atomic mass is 9.99. The van der Waals surface area contributed by atoms with Crippen LogP contribution in [-0.2, 0) is 0 Å². The Hall–Kier alpha value is -2.11. The van der Waals surface area contributed by atoms with Gasteiger partial charge in [-0.05, 0) is 78.8 Å². The van der Waals surface area contributed by atoms with Gasteiger partial charge in [0.25, 0.3) is 0 Å². The molecule has 0 aromatic carbocycles. The molecule has 0 spiro atoms. The molecule has 5 nitrogen and oxygen atoms in total. The Bertz CT molecular complexity index is 958. The van der Waals surface area contributed by atoms with Crippen molar-refractivity contribution in [1.29, 1.82) is 0 Å². The molecular weight excluding hydrogens is 394 g/mol. The normalized spacial score (nSPS) is 25.8. The van der Waals surface area contributed by atoms with Gasteiger partial charge < -0.3 is 10.2 Å². The second-order valence-corrected chi connectivity index (χ2v) is 9.87. The number of pyridine rings is 2. The highest BCUT2D eigenvalue weighted by atomic mass is 35.5. The molecule has 0 radical (unpaired) electrons. The second kappa shape index (κ2) is 7.54. The van der Waals surface area contributed by atoms with Crippen LogP contribution in [0.5, 0.6) is 0 Å². The standard InChI is InChI=1S/C24H28ClN5/c25-21-3-4-22(26-12-21)27-23-10-18(11-24(28-23)30-14-19-9-20(19)15-30)17-5-7-29(8-6-17)13-16-1-2-16/h3-5,10-12,16,19-20H,1-2,6-9,13-15H2,(H,26,27,28). The van der Waals surface area contributed by atoms with Gasteiger partial charge in [0.05, 0.1) is 5.02 Å². The zero-order valence-corrected chi connectivity index (χ0v) is 18.0. The molecule has 6 rings (SSSR count). The van der Waals surface area contributed by atoms with Crippen LogP contribution in [0.3, 0.4) is 0 Å². The van der Waals surface area contributed by atoms with Crippen LogP contribution in [0.4, 0.5) is 17.5 Å². The summed E-state index contributed by atoms with van der Waals surface area (Å²) in [5.74, 6) is 5.45. The van der Waals surface area contributed by atoms with E-state index in [1.807, 2.05) is 12.1 Å². The third-order valence-electron chi connectivity index (χ3n) is 6.98. The largest absolute Gasteiger partial charge is 0.356 e. The molecule has 6 heteroatoms. The fourth-order valence-corrected chi connectivity index (χ4v) is 5.01. The maximum absolute atomic E-state index is 5.99. The molecule has 2 aromatic rings. The van der Waals surface area contributed by atoms with Gasteiger partial charge >= 0.3 is 0 Å². The van der Waals surface area contributed by atoms with Crippen molar-refractivity contribution in [3.8, 4) is 0 Å². The van der Waals surface area contributed by atoms with Crippen molar-refractivity contribution in [1.82, 2.24) is 14.9 Å². The Morgan fingerprint density at radius 1 is 1.10 bits per heavy atom. The van der Waals surface area contributed by atoms with E-state index in [4.69, 9.17) is 16.6 Å². The number of fused-ring (bicyclic) bond motifs is 1. The highest BCUT2D eigenvalue weighted by molar-refractivity contribution is 6.30. The molecule has 1 N–H and O–H groups in total. The van der Waals surface area contributed by atoms with Gasteiger partial charge in [-0.25, -0.2) is 9.97 Å². The first-order valence-corrected chi connectivity index (χ1v) is 11.6. The molecule has 4 aliphatic rings. The third kappa shape index (κ3) is 4.06. The van der Waals surface area contributed by atoms with Crippen LogP contribution in [-0.4, -0.2) is 47.6 Å². The lowest BCUT2D eigenvalue weighted by molar-refractivity contribution is 0.289. The summed E-state index contributed by atoms with van der Waals surface area (Å²) in [5.41, 5.74) is 2.74. The van der Waals surface area contributed by atoms with Crippen molar-refractivity contribution in [2.75, 3.05) is 42.9 Å². The van der Waals surface area contributed by atoms with Crippen LogP contribution >= 0.6 is 11.6 Å². The van der Waals surface area contributed by atoms with Gasteiger partial charge in [-0.2, -0.15) is 0 Å². The molecule has 3 fully saturated rings. The van der Waals surface area contributed by atoms with Gasteiger partial charge in [0.15, 0.2) is 0 Å². The van der Waals surface area contributed by atoms with Crippen molar-refractivity contribution < 1.29 is 0 Å². The van der Waals surface area contributed by atoms with Crippen LogP contribution in [0.15, 0.2) is 36.5 Å². The highest BCUT2D eigenvalue weighted by Gasteiger charge is 2.45. The molecule has 156 valence electrons. The Morgan fingerprint density at radius 3 is 2.67 bits per heavy atom. The second-order valence-electron chi connectivity index (χ2n) is 9.43. The average molecular weight is 422 g/mol. The lowest BCUT2D eigenvalue weighted by Crippen LogP contribution is -2.30. The highest BCUT2D eigenvalue weighted by Crippen LogP contribution is 2.46. The number of halogens is 1. The van der Waals surface area contributed by atoms with E-state index in [0.717, 1.165) is 67.8 Å². The number of rotatable bonds is 6. The van der Waals surface area contributed by atoms with Crippen molar-refractivity contribution in [2.45, 2.75) is 25.7 Å². The molecular formula is C24H28ClN5. The van der Waals surface area contributed by atoms with Crippen molar-refractivity contribution >= 4 is 34.6 Å². The van der Waals surface area contributed by atoms with Crippen molar-refractivity contribution in [2.24, 2.45) is 17.8 Å². The van der Waals surface area contributed by atoms with Gasteiger partial charge in [-0.1, -0.05) is 17.7 Å². The van der Waals surface area contributed by atoms with Gasteiger partial charge in [0.1, 0.15) is 17.5 Å². The van der Waals surface area contributed by atoms with Crippen LogP contribution < -0.4 is 10.2 Å². The number of anilines is 3. The number of hydrogen-bond donors (Lipinski definition) is 1. The van der Waals surface area contributed by atoms with Gasteiger partial charge in [0.2, 0.25) is 0 Å². The van der Waals surface area contributed by atoms with E-state index in [2.05, 4.69) is 38.3 Å². The fourth-order valence-electron chi connectivity index (χ4n) is 4.90. The first kappa shape index (κ1) is 18.6. The molecule has 2 atom stereocenters. The predicted molar refractivity (Wildman–Crippen MR) is 122 cm³/mol. The summed E-state index contributed by atoms with van der Waals surface area (Å²) in [6.45, 7) is 5.80. The van der Waals surface area contributed by atoms with E-state index < -0.39 is 0 Å². The summed E-state index contributed by atoms with van der Waals surface area (Å²) in [6.07, 6.45) is 9.45. The molecule has 2 saturated carbocycles. The van der Waals surface area contributed by atoms with E-state index in [-0.39, 0.29) is 0 Å². The van der Waals surface area contributed by atoms with Gasteiger partial charge in [-0.15, -0.1) is 0 Å². The molecule has 1 saturated heterocycles.